The number of ether oxygens (including phenoxy) is 1. The van der Waals surface area contributed by atoms with E-state index in [1.165, 1.54) is 6.07 Å². The van der Waals surface area contributed by atoms with Gasteiger partial charge in [-0.25, -0.2) is 4.79 Å². The summed E-state index contributed by atoms with van der Waals surface area (Å²) in [5, 5.41) is 13.9. The van der Waals surface area contributed by atoms with E-state index < -0.39 is 29.1 Å². The van der Waals surface area contributed by atoms with E-state index in [9.17, 15) is 19.7 Å². The lowest BCUT2D eigenvalue weighted by atomic mass is 10.0. The summed E-state index contributed by atoms with van der Waals surface area (Å²) in [6, 6.07) is 9.12. The maximum Gasteiger partial charge on any atom is 0.345 e. The molecule has 0 bridgehead atoms. The lowest BCUT2D eigenvalue weighted by Crippen LogP contribution is -2.31. The molecular weight excluding hydrogens is 372 g/mol. The molecule has 2 aromatic rings. The van der Waals surface area contributed by atoms with Crippen molar-refractivity contribution in [2.45, 2.75) is 26.8 Å². The van der Waals surface area contributed by atoms with Gasteiger partial charge < -0.3 is 10.1 Å². The molecule has 0 aliphatic carbocycles. The topological polar surface area (TPSA) is 98.5 Å². The van der Waals surface area contributed by atoms with Crippen molar-refractivity contribution in [3.8, 4) is 0 Å². The summed E-state index contributed by atoms with van der Waals surface area (Å²) < 4.78 is 4.90. The Kier molecular flexibility index (Phi) is 6.52. The number of halogens is 1. The molecule has 1 atom stereocenters. The largest absolute Gasteiger partial charge is 0.452 e. The molecule has 0 radical (unpaired) electrons. The van der Waals surface area contributed by atoms with Crippen LogP contribution in [-0.2, 0) is 9.53 Å². The first-order chi connectivity index (χ1) is 12.7. The number of hydrogen-bond acceptors (Lipinski definition) is 5. The molecule has 1 N–H and O–H groups in total. The first-order valence-corrected chi connectivity index (χ1v) is 8.54. The van der Waals surface area contributed by atoms with Gasteiger partial charge in [0.25, 0.3) is 11.6 Å². The standard InChI is InChI=1S/C19H19ClN2O5/c1-11-4-5-14(8-12(11)2)13(3)21-18(23)10-27-19(24)16-9-15(20)6-7-17(16)22(25)26/h4-9,13H,10H2,1-3H3,(H,21,23)/t13-/m0/s1. The predicted molar refractivity (Wildman–Crippen MR) is 101 cm³/mol. The van der Waals surface area contributed by atoms with Crippen LogP contribution in [0.25, 0.3) is 0 Å². The number of benzene rings is 2. The van der Waals surface area contributed by atoms with Crippen LogP contribution < -0.4 is 5.32 Å². The molecule has 1 amide bonds. The molecular formula is C19H19ClN2O5. The predicted octanol–water partition coefficient (Wildman–Crippen LogP) is 3.90. The number of nitrogens with zero attached hydrogens (tertiary/aromatic N) is 1. The van der Waals surface area contributed by atoms with Gasteiger partial charge in [0, 0.05) is 11.1 Å². The van der Waals surface area contributed by atoms with Crippen LogP contribution in [-0.4, -0.2) is 23.4 Å². The number of carbonyl (C=O) groups excluding carboxylic acids is 2. The van der Waals surface area contributed by atoms with E-state index in [2.05, 4.69) is 5.32 Å². The summed E-state index contributed by atoms with van der Waals surface area (Å²) in [6.07, 6.45) is 0. The lowest BCUT2D eigenvalue weighted by Gasteiger charge is -2.15. The highest BCUT2D eigenvalue weighted by Gasteiger charge is 2.23. The van der Waals surface area contributed by atoms with Crippen LogP contribution in [0, 0.1) is 24.0 Å². The van der Waals surface area contributed by atoms with Gasteiger partial charge >= 0.3 is 5.97 Å². The van der Waals surface area contributed by atoms with Gasteiger partial charge in [-0.3, -0.25) is 14.9 Å². The summed E-state index contributed by atoms with van der Waals surface area (Å²) in [4.78, 5) is 34.4. The van der Waals surface area contributed by atoms with E-state index in [-0.39, 0.29) is 16.6 Å². The van der Waals surface area contributed by atoms with Crippen LogP contribution in [0.4, 0.5) is 5.69 Å². The van der Waals surface area contributed by atoms with E-state index in [0.29, 0.717) is 0 Å². The number of rotatable bonds is 6. The summed E-state index contributed by atoms with van der Waals surface area (Å²) >= 11 is 5.78. The number of nitro benzene ring substituents is 1. The quantitative estimate of drug-likeness (QED) is 0.458. The Balaban J connectivity index is 1.99. The molecule has 27 heavy (non-hydrogen) atoms. The fourth-order valence-corrected chi connectivity index (χ4v) is 2.61. The normalized spacial score (nSPS) is 11.6. The highest BCUT2D eigenvalue weighted by molar-refractivity contribution is 6.31. The molecule has 8 heteroatoms. The van der Waals surface area contributed by atoms with E-state index in [4.69, 9.17) is 16.3 Å². The summed E-state index contributed by atoms with van der Waals surface area (Å²) in [6.45, 7) is 5.23. The van der Waals surface area contributed by atoms with Crippen LogP contribution in [0.15, 0.2) is 36.4 Å². The zero-order valence-electron chi connectivity index (χ0n) is 15.1. The third-order valence-electron chi connectivity index (χ3n) is 4.12. The van der Waals surface area contributed by atoms with E-state index in [0.717, 1.165) is 28.8 Å². The maximum absolute atomic E-state index is 12.1. The van der Waals surface area contributed by atoms with Crippen molar-refractivity contribution in [3.63, 3.8) is 0 Å². The van der Waals surface area contributed by atoms with Crippen LogP contribution in [0.1, 0.15) is 40.0 Å². The first-order valence-electron chi connectivity index (χ1n) is 8.16. The van der Waals surface area contributed by atoms with Gasteiger partial charge in [-0.1, -0.05) is 29.8 Å². The van der Waals surface area contributed by atoms with Crippen molar-refractivity contribution in [1.29, 1.82) is 0 Å². The summed E-state index contributed by atoms with van der Waals surface area (Å²) in [5.74, 6) is -1.50. The van der Waals surface area contributed by atoms with Gasteiger partial charge in [0.1, 0.15) is 5.56 Å². The van der Waals surface area contributed by atoms with Crippen LogP contribution in [0.5, 0.6) is 0 Å². The Labute approximate surface area is 161 Å². The fourth-order valence-electron chi connectivity index (χ4n) is 2.44. The molecule has 2 aromatic carbocycles. The van der Waals surface area contributed by atoms with Crippen molar-refractivity contribution in [2.24, 2.45) is 0 Å². The molecule has 0 unspecified atom stereocenters. The van der Waals surface area contributed by atoms with Crippen molar-refractivity contribution < 1.29 is 19.2 Å². The van der Waals surface area contributed by atoms with E-state index in [1.54, 1.807) is 0 Å². The minimum atomic E-state index is -0.988. The Hall–Kier alpha value is -2.93. The smallest absolute Gasteiger partial charge is 0.345 e. The van der Waals surface area contributed by atoms with Gasteiger partial charge in [-0.2, -0.15) is 0 Å². The SMILES string of the molecule is Cc1ccc([C@H](C)NC(=O)COC(=O)c2cc(Cl)ccc2[N+](=O)[O-])cc1C. The number of hydrogen-bond donors (Lipinski definition) is 1. The third kappa shape index (κ3) is 5.27. The van der Waals surface area contributed by atoms with Crippen molar-refractivity contribution in [2.75, 3.05) is 6.61 Å². The van der Waals surface area contributed by atoms with Gasteiger partial charge in [0.05, 0.1) is 11.0 Å². The molecule has 0 saturated carbocycles. The highest BCUT2D eigenvalue weighted by Crippen LogP contribution is 2.23. The molecule has 0 spiro atoms. The molecule has 0 aromatic heterocycles. The Morgan fingerprint density at radius 3 is 2.52 bits per heavy atom. The molecule has 0 saturated heterocycles. The zero-order chi connectivity index (χ0) is 20.1. The molecule has 0 heterocycles. The summed E-state index contributed by atoms with van der Waals surface area (Å²) in [7, 11) is 0. The van der Waals surface area contributed by atoms with Gasteiger partial charge in [-0.15, -0.1) is 0 Å². The molecule has 7 nitrogen and oxygen atoms in total. The second kappa shape index (κ2) is 8.64. The Bertz CT molecular complexity index is 898. The van der Waals surface area contributed by atoms with Crippen molar-refractivity contribution in [3.05, 3.63) is 73.8 Å². The van der Waals surface area contributed by atoms with Crippen molar-refractivity contribution >= 4 is 29.2 Å². The summed E-state index contributed by atoms with van der Waals surface area (Å²) in [5.41, 5.74) is 2.43. The van der Waals surface area contributed by atoms with Crippen molar-refractivity contribution in [1.82, 2.24) is 5.32 Å². The van der Waals surface area contributed by atoms with E-state index >= 15 is 0 Å². The molecule has 142 valence electrons. The third-order valence-corrected chi connectivity index (χ3v) is 4.35. The number of esters is 1. The Morgan fingerprint density at radius 2 is 1.89 bits per heavy atom. The van der Waals surface area contributed by atoms with Gasteiger partial charge in [0.15, 0.2) is 6.61 Å². The number of amides is 1. The average Bonchev–Trinajstić information content (AvgIpc) is 2.61. The monoisotopic (exact) mass is 390 g/mol. The van der Waals surface area contributed by atoms with Gasteiger partial charge in [0.2, 0.25) is 0 Å². The maximum atomic E-state index is 12.1. The van der Waals surface area contributed by atoms with Gasteiger partial charge in [-0.05, 0) is 49.6 Å². The number of nitrogens with one attached hydrogen (secondary N) is 1. The molecule has 0 aliphatic heterocycles. The number of nitro groups is 1. The minimum Gasteiger partial charge on any atom is -0.452 e. The van der Waals surface area contributed by atoms with Crippen LogP contribution in [0.3, 0.4) is 0 Å². The zero-order valence-corrected chi connectivity index (χ0v) is 15.9. The lowest BCUT2D eigenvalue weighted by molar-refractivity contribution is -0.385. The molecule has 0 fully saturated rings. The minimum absolute atomic E-state index is 0.153. The second-order valence-electron chi connectivity index (χ2n) is 6.13. The van der Waals surface area contributed by atoms with Crippen LogP contribution in [0.2, 0.25) is 5.02 Å². The molecule has 2 rings (SSSR count). The average molecular weight is 391 g/mol. The van der Waals surface area contributed by atoms with Crippen LogP contribution >= 0.6 is 11.6 Å². The number of carbonyl (C=O) groups is 2. The molecule has 0 aliphatic rings. The van der Waals surface area contributed by atoms with E-state index in [1.807, 2.05) is 39.0 Å². The fraction of sp³-hybridized carbons (Fsp3) is 0.263. The highest BCUT2D eigenvalue weighted by atomic mass is 35.5. The second-order valence-corrected chi connectivity index (χ2v) is 6.56. The first kappa shape index (κ1) is 20.4. The number of aryl methyl sites for hydroxylation is 2. The Morgan fingerprint density at radius 1 is 1.19 bits per heavy atom.